The highest BCUT2D eigenvalue weighted by Gasteiger charge is 2.24. The van der Waals surface area contributed by atoms with E-state index in [1.807, 2.05) is 0 Å². The minimum absolute atomic E-state index is 0.147. The maximum Gasteiger partial charge on any atom is 0.335 e. The Morgan fingerprint density at radius 1 is 1.08 bits per heavy atom. The molecule has 1 aromatic carbocycles. The van der Waals surface area contributed by atoms with Gasteiger partial charge in [0.05, 0.1) is 5.56 Å². The number of hydrogen-bond donors (Lipinski definition) is 2. The summed E-state index contributed by atoms with van der Waals surface area (Å²) >= 11 is 0. The fourth-order valence-electron chi connectivity index (χ4n) is 3.88. The Morgan fingerprint density at radius 3 is 2.42 bits per heavy atom. The summed E-state index contributed by atoms with van der Waals surface area (Å²) in [5.41, 5.74) is 0.567. The van der Waals surface area contributed by atoms with Gasteiger partial charge < -0.3 is 15.3 Å². The number of carboxylic acid groups (broad SMARTS) is 1. The molecule has 0 aromatic heterocycles. The number of hydrogen-bond acceptors (Lipinski definition) is 3. The van der Waals surface area contributed by atoms with Crippen molar-refractivity contribution in [1.82, 2.24) is 10.2 Å². The number of carbonyl (C=O) groups is 2. The summed E-state index contributed by atoms with van der Waals surface area (Å²) in [6, 6.07) is 6.40. The van der Waals surface area contributed by atoms with Crippen molar-refractivity contribution in [2.45, 2.75) is 44.6 Å². The Labute approximate surface area is 143 Å². The molecule has 2 fully saturated rings. The lowest BCUT2D eigenvalue weighted by Crippen LogP contribution is -2.45. The number of amides is 1. The molecule has 0 bridgehead atoms. The lowest BCUT2D eigenvalue weighted by Gasteiger charge is -2.33. The maximum absolute atomic E-state index is 12.3. The van der Waals surface area contributed by atoms with Crippen molar-refractivity contribution in [2.24, 2.45) is 5.92 Å². The van der Waals surface area contributed by atoms with Crippen LogP contribution < -0.4 is 5.32 Å². The number of aromatic carboxylic acids is 1. The highest BCUT2D eigenvalue weighted by atomic mass is 16.4. The van der Waals surface area contributed by atoms with Gasteiger partial charge in [0.15, 0.2) is 0 Å². The summed E-state index contributed by atoms with van der Waals surface area (Å²) in [4.78, 5) is 25.9. The van der Waals surface area contributed by atoms with Crippen LogP contribution in [0.2, 0.25) is 0 Å². The van der Waals surface area contributed by atoms with E-state index in [-0.39, 0.29) is 17.5 Å². The minimum atomic E-state index is -1.01. The summed E-state index contributed by atoms with van der Waals surface area (Å²) in [6.07, 6.45) is 7.44. The second kappa shape index (κ2) is 7.79. The topological polar surface area (TPSA) is 69.6 Å². The summed E-state index contributed by atoms with van der Waals surface area (Å²) in [5.74, 6) is -0.313. The van der Waals surface area contributed by atoms with E-state index in [2.05, 4.69) is 10.2 Å². The number of nitrogens with one attached hydrogen (secondary N) is 1. The van der Waals surface area contributed by atoms with Crippen LogP contribution in [0, 0.1) is 5.92 Å². The Balaban J connectivity index is 1.47. The van der Waals surface area contributed by atoms with Gasteiger partial charge in [-0.05, 0) is 49.8 Å². The highest BCUT2D eigenvalue weighted by molar-refractivity contribution is 5.97. The molecule has 1 aliphatic carbocycles. The molecular weight excluding hydrogens is 304 g/mol. The standard InChI is InChI=1S/C19H26N2O3/c22-18(15-6-3-7-16(12-15)19(23)24)20-17-8-10-21(11-9-17)13-14-4-1-2-5-14/h3,6-7,12,14,17H,1-2,4-5,8-11,13H2,(H,20,22)(H,23,24). The smallest absolute Gasteiger partial charge is 0.335 e. The highest BCUT2D eigenvalue weighted by Crippen LogP contribution is 2.26. The first-order chi connectivity index (χ1) is 11.6. The van der Waals surface area contributed by atoms with Crippen LogP contribution in [0.3, 0.4) is 0 Å². The third-order valence-corrected chi connectivity index (χ3v) is 5.29. The van der Waals surface area contributed by atoms with Crippen LogP contribution in [0.1, 0.15) is 59.2 Å². The minimum Gasteiger partial charge on any atom is -0.478 e. The van der Waals surface area contributed by atoms with Crippen LogP contribution in [0.15, 0.2) is 24.3 Å². The van der Waals surface area contributed by atoms with E-state index in [0.29, 0.717) is 5.56 Å². The van der Waals surface area contributed by atoms with Crippen LogP contribution in [-0.2, 0) is 0 Å². The molecule has 0 atom stereocenters. The van der Waals surface area contributed by atoms with Crippen LogP contribution in [0.25, 0.3) is 0 Å². The Hall–Kier alpha value is -1.88. The monoisotopic (exact) mass is 330 g/mol. The van der Waals surface area contributed by atoms with Crippen molar-refractivity contribution in [3.05, 3.63) is 35.4 Å². The third-order valence-electron chi connectivity index (χ3n) is 5.29. The quantitative estimate of drug-likeness (QED) is 0.871. The number of nitrogens with zero attached hydrogens (tertiary/aromatic N) is 1. The largest absolute Gasteiger partial charge is 0.478 e. The van der Waals surface area contributed by atoms with E-state index in [9.17, 15) is 9.59 Å². The lowest BCUT2D eigenvalue weighted by atomic mass is 10.0. The van der Waals surface area contributed by atoms with Gasteiger partial charge in [-0.2, -0.15) is 0 Å². The molecule has 0 spiro atoms. The molecule has 130 valence electrons. The number of carbonyl (C=O) groups excluding carboxylic acids is 1. The molecule has 5 heteroatoms. The molecular formula is C19H26N2O3. The molecule has 1 heterocycles. The number of carboxylic acids is 1. The van der Waals surface area contributed by atoms with Gasteiger partial charge in [-0.15, -0.1) is 0 Å². The predicted octanol–water partition coefficient (Wildman–Crippen LogP) is 2.77. The SMILES string of the molecule is O=C(O)c1cccc(C(=O)NC2CCN(CC3CCCC3)CC2)c1. The van der Waals surface area contributed by atoms with E-state index in [1.165, 1.54) is 44.4 Å². The summed E-state index contributed by atoms with van der Waals surface area (Å²) < 4.78 is 0. The molecule has 1 aromatic rings. The van der Waals surface area contributed by atoms with Crippen molar-refractivity contribution >= 4 is 11.9 Å². The van der Waals surface area contributed by atoms with E-state index in [0.717, 1.165) is 31.8 Å². The molecule has 0 radical (unpaired) electrons. The van der Waals surface area contributed by atoms with Crippen LogP contribution in [0.5, 0.6) is 0 Å². The van der Waals surface area contributed by atoms with E-state index < -0.39 is 5.97 Å². The molecule has 0 unspecified atom stereocenters. The number of piperidine rings is 1. The van der Waals surface area contributed by atoms with Gasteiger partial charge in [-0.3, -0.25) is 4.79 Å². The van der Waals surface area contributed by atoms with E-state index >= 15 is 0 Å². The van der Waals surface area contributed by atoms with Crippen molar-refractivity contribution < 1.29 is 14.7 Å². The van der Waals surface area contributed by atoms with Gasteiger partial charge in [0.2, 0.25) is 0 Å². The molecule has 24 heavy (non-hydrogen) atoms. The zero-order valence-corrected chi connectivity index (χ0v) is 14.0. The Bertz CT molecular complexity index is 588. The number of rotatable bonds is 5. The molecule has 3 rings (SSSR count). The van der Waals surface area contributed by atoms with Crippen molar-refractivity contribution in [2.75, 3.05) is 19.6 Å². The van der Waals surface area contributed by atoms with Gasteiger partial charge in [0.25, 0.3) is 5.91 Å². The Morgan fingerprint density at radius 2 is 1.75 bits per heavy atom. The van der Waals surface area contributed by atoms with Crippen molar-refractivity contribution in [3.8, 4) is 0 Å². The zero-order valence-electron chi connectivity index (χ0n) is 14.0. The fraction of sp³-hybridized carbons (Fsp3) is 0.579. The van der Waals surface area contributed by atoms with Crippen molar-refractivity contribution in [3.63, 3.8) is 0 Å². The number of likely N-dealkylation sites (tertiary alicyclic amines) is 1. The lowest BCUT2D eigenvalue weighted by molar-refractivity contribution is 0.0697. The van der Waals surface area contributed by atoms with Gasteiger partial charge in [0, 0.05) is 31.2 Å². The normalized spacial score (nSPS) is 20.2. The zero-order chi connectivity index (χ0) is 16.9. The van der Waals surface area contributed by atoms with Gasteiger partial charge in [0.1, 0.15) is 0 Å². The second-order valence-electron chi connectivity index (χ2n) is 7.08. The van der Waals surface area contributed by atoms with E-state index in [4.69, 9.17) is 5.11 Å². The molecule has 1 amide bonds. The van der Waals surface area contributed by atoms with Crippen LogP contribution in [0.4, 0.5) is 0 Å². The Kier molecular flexibility index (Phi) is 5.51. The van der Waals surface area contributed by atoms with Gasteiger partial charge in [-0.25, -0.2) is 4.79 Å². The first-order valence-electron chi connectivity index (χ1n) is 8.98. The van der Waals surface area contributed by atoms with Gasteiger partial charge >= 0.3 is 5.97 Å². The van der Waals surface area contributed by atoms with Crippen molar-refractivity contribution in [1.29, 1.82) is 0 Å². The van der Waals surface area contributed by atoms with Crippen LogP contribution >= 0.6 is 0 Å². The molecule has 1 saturated carbocycles. The molecule has 1 saturated heterocycles. The predicted molar refractivity (Wildman–Crippen MR) is 92.3 cm³/mol. The molecule has 2 N–H and O–H groups in total. The summed E-state index contributed by atoms with van der Waals surface area (Å²) in [5, 5.41) is 12.1. The summed E-state index contributed by atoms with van der Waals surface area (Å²) in [6.45, 7) is 3.29. The third kappa shape index (κ3) is 4.35. The van der Waals surface area contributed by atoms with Gasteiger partial charge in [-0.1, -0.05) is 18.9 Å². The average Bonchev–Trinajstić information content (AvgIpc) is 3.10. The number of benzene rings is 1. The van der Waals surface area contributed by atoms with Crippen LogP contribution in [-0.4, -0.2) is 47.6 Å². The first kappa shape index (κ1) is 17.0. The molecule has 1 aliphatic heterocycles. The average molecular weight is 330 g/mol. The second-order valence-corrected chi connectivity index (χ2v) is 7.08. The summed E-state index contributed by atoms with van der Waals surface area (Å²) in [7, 11) is 0. The first-order valence-corrected chi connectivity index (χ1v) is 8.98. The molecule has 2 aliphatic rings. The maximum atomic E-state index is 12.3. The molecule has 5 nitrogen and oxygen atoms in total. The fourth-order valence-corrected chi connectivity index (χ4v) is 3.88. The van der Waals surface area contributed by atoms with E-state index in [1.54, 1.807) is 12.1 Å².